The zero-order valence-electron chi connectivity index (χ0n) is 15.4. The number of carboxylic acids is 1. The average Bonchev–Trinajstić information content (AvgIpc) is 3.17. The lowest BCUT2D eigenvalue weighted by atomic mass is 9.81. The van der Waals surface area contributed by atoms with Crippen molar-refractivity contribution in [2.24, 2.45) is 18.4 Å². The molecule has 2 aliphatic rings. The number of carbonyl (C=O) groups excluding carboxylic acids is 1. The van der Waals surface area contributed by atoms with E-state index in [2.05, 4.69) is 10.4 Å². The van der Waals surface area contributed by atoms with E-state index in [9.17, 15) is 27.9 Å². The van der Waals surface area contributed by atoms with Gasteiger partial charge < -0.3 is 15.3 Å². The smallest absolute Gasteiger partial charge is 0.413 e. The first-order chi connectivity index (χ1) is 12.5. The first-order valence-corrected chi connectivity index (χ1v) is 8.83. The molecule has 0 bridgehead atoms. The minimum absolute atomic E-state index is 0.0611. The van der Waals surface area contributed by atoms with Crippen LogP contribution in [0.1, 0.15) is 42.3 Å². The van der Waals surface area contributed by atoms with E-state index in [1.807, 2.05) is 0 Å². The summed E-state index contributed by atoms with van der Waals surface area (Å²) in [4.78, 5) is 25.5. The maximum Gasteiger partial charge on any atom is 0.413 e. The number of urea groups is 1. The number of nitrogens with one attached hydrogen (secondary N) is 1. The van der Waals surface area contributed by atoms with Gasteiger partial charge in [0, 0.05) is 31.4 Å². The molecule has 10 heteroatoms. The molecule has 2 amide bonds. The second kappa shape index (κ2) is 6.42. The summed E-state index contributed by atoms with van der Waals surface area (Å²) in [5.41, 5.74) is -0.607. The van der Waals surface area contributed by atoms with E-state index in [0.717, 1.165) is 6.42 Å². The molecule has 3 atom stereocenters. The first-order valence-electron chi connectivity index (χ1n) is 8.83. The van der Waals surface area contributed by atoms with E-state index in [4.69, 9.17) is 0 Å². The van der Waals surface area contributed by atoms with Crippen LogP contribution in [0, 0.1) is 25.2 Å². The SMILES string of the molecule is Cc1nn(C)c(C)c1C(NC(=O)N1C[C@@H]2CCC[C@@]2(C(=O)O)C1)C(F)(F)F. The topological polar surface area (TPSA) is 87.5 Å². The summed E-state index contributed by atoms with van der Waals surface area (Å²) in [5, 5.41) is 15.7. The fourth-order valence-corrected chi connectivity index (χ4v) is 4.53. The van der Waals surface area contributed by atoms with Crippen LogP contribution in [0.2, 0.25) is 0 Å². The van der Waals surface area contributed by atoms with Crippen LogP contribution in [0.4, 0.5) is 18.0 Å². The molecule has 1 saturated heterocycles. The summed E-state index contributed by atoms with van der Waals surface area (Å²) < 4.78 is 42.4. The van der Waals surface area contributed by atoms with Gasteiger partial charge in [-0.15, -0.1) is 0 Å². The highest BCUT2D eigenvalue weighted by atomic mass is 19.4. The Balaban J connectivity index is 1.84. The maximum atomic E-state index is 13.7. The lowest BCUT2D eigenvalue weighted by Gasteiger charge is -2.27. The molecular formula is C17H23F3N4O3. The van der Waals surface area contributed by atoms with Gasteiger partial charge in [0.2, 0.25) is 0 Å². The van der Waals surface area contributed by atoms with Gasteiger partial charge in [0.15, 0.2) is 6.04 Å². The van der Waals surface area contributed by atoms with E-state index in [-0.39, 0.29) is 30.3 Å². The van der Waals surface area contributed by atoms with Crippen molar-refractivity contribution in [1.82, 2.24) is 20.0 Å². The molecule has 0 aromatic carbocycles. The first kappa shape index (κ1) is 19.5. The maximum absolute atomic E-state index is 13.7. The molecule has 3 rings (SSSR count). The number of alkyl halides is 3. The molecule has 1 saturated carbocycles. The molecule has 1 aliphatic carbocycles. The van der Waals surface area contributed by atoms with Crippen LogP contribution in [0.3, 0.4) is 0 Å². The van der Waals surface area contributed by atoms with Gasteiger partial charge in [-0.1, -0.05) is 6.42 Å². The van der Waals surface area contributed by atoms with Crippen LogP contribution in [-0.4, -0.2) is 51.1 Å². The Kier molecular flexibility index (Phi) is 4.63. The zero-order chi connectivity index (χ0) is 20.1. The molecule has 0 spiro atoms. The van der Waals surface area contributed by atoms with E-state index in [0.29, 0.717) is 18.5 Å². The fourth-order valence-electron chi connectivity index (χ4n) is 4.53. The summed E-state index contributed by atoms with van der Waals surface area (Å²) in [6, 6.07) is -3.09. The number of amides is 2. The highest BCUT2D eigenvalue weighted by Gasteiger charge is 2.56. The number of aliphatic carboxylic acids is 1. The predicted molar refractivity (Wildman–Crippen MR) is 89.0 cm³/mol. The Morgan fingerprint density at radius 1 is 1.37 bits per heavy atom. The molecule has 1 aromatic heterocycles. The second-order valence-corrected chi connectivity index (χ2v) is 7.56. The predicted octanol–water partition coefficient (Wildman–Crippen LogP) is 2.54. The van der Waals surface area contributed by atoms with Crippen molar-refractivity contribution in [1.29, 1.82) is 0 Å². The van der Waals surface area contributed by atoms with Crippen molar-refractivity contribution in [2.75, 3.05) is 13.1 Å². The average molecular weight is 388 g/mol. The summed E-state index contributed by atoms with van der Waals surface area (Å²) in [5.74, 6) is -1.20. The summed E-state index contributed by atoms with van der Waals surface area (Å²) in [7, 11) is 1.54. The standard InChI is InChI=1S/C17H23F3N4O3/c1-9-12(10(2)23(3)22-9)13(17(18,19)20)21-15(27)24-7-11-5-4-6-16(11,8-24)14(25)26/h11,13H,4-8H2,1-3H3,(H,21,27)(H,25,26)/t11-,13?,16+/m0/s1. The lowest BCUT2D eigenvalue weighted by molar-refractivity contribution is -0.156. The van der Waals surface area contributed by atoms with Gasteiger partial charge in [-0.2, -0.15) is 18.3 Å². The van der Waals surface area contributed by atoms with Crippen LogP contribution in [-0.2, 0) is 11.8 Å². The number of carbonyl (C=O) groups is 2. The van der Waals surface area contributed by atoms with Gasteiger partial charge in [-0.05, 0) is 32.6 Å². The molecule has 2 heterocycles. The van der Waals surface area contributed by atoms with Crippen molar-refractivity contribution in [2.45, 2.75) is 45.3 Å². The van der Waals surface area contributed by atoms with Crippen LogP contribution < -0.4 is 5.32 Å². The Morgan fingerprint density at radius 3 is 2.52 bits per heavy atom. The minimum atomic E-state index is -4.70. The third kappa shape index (κ3) is 3.14. The minimum Gasteiger partial charge on any atom is -0.481 e. The van der Waals surface area contributed by atoms with Crippen LogP contribution >= 0.6 is 0 Å². The lowest BCUT2D eigenvalue weighted by Crippen LogP contribution is -2.46. The van der Waals surface area contributed by atoms with Gasteiger partial charge in [0.1, 0.15) is 0 Å². The molecule has 2 fully saturated rings. The third-order valence-corrected chi connectivity index (χ3v) is 6.03. The van der Waals surface area contributed by atoms with Crippen molar-refractivity contribution < 1.29 is 27.9 Å². The number of aryl methyl sites for hydroxylation is 2. The van der Waals surface area contributed by atoms with Gasteiger partial charge in [0.05, 0.1) is 11.1 Å². The number of carboxylic acid groups (broad SMARTS) is 1. The molecule has 7 nitrogen and oxygen atoms in total. The van der Waals surface area contributed by atoms with Crippen molar-refractivity contribution in [3.63, 3.8) is 0 Å². The van der Waals surface area contributed by atoms with Crippen LogP contribution in [0.5, 0.6) is 0 Å². The molecular weight excluding hydrogens is 365 g/mol. The Labute approximate surface area is 154 Å². The van der Waals surface area contributed by atoms with E-state index < -0.39 is 29.6 Å². The van der Waals surface area contributed by atoms with Gasteiger partial charge in [-0.3, -0.25) is 9.48 Å². The number of likely N-dealkylation sites (tertiary alicyclic amines) is 1. The largest absolute Gasteiger partial charge is 0.481 e. The number of aromatic nitrogens is 2. The molecule has 1 aliphatic heterocycles. The van der Waals surface area contributed by atoms with Crippen molar-refractivity contribution in [3.8, 4) is 0 Å². The molecule has 150 valence electrons. The van der Waals surface area contributed by atoms with Crippen molar-refractivity contribution in [3.05, 3.63) is 17.0 Å². The van der Waals surface area contributed by atoms with Gasteiger partial charge in [-0.25, -0.2) is 4.79 Å². The van der Waals surface area contributed by atoms with Gasteiger partial charge >= 0.3 is 18.2 Å². The molecule has 0 radical (unpaired) electrons. The summed E-state index contributed by atoms with van der Waals surface area (Å²) in [6.07, 6.45) is -2.83. The van der Waals surface area contributed by atoms with Gasteiger partial charge in [0.25, 0.3) is 0 Å². The number of rotatable bonds is 3. The normalized spacial score (nSPS) is 26.1. The summed E-state index contributed by atoms with van der Waals surface area (Å²) in [6.45, 7) is 3.08. The number of hydrogen-bond donors (Lipinski definition) is 2. The van der Waals surface area contributed by atoms with Crippen LogP contribution in [0.15, 0.2) is 0 Å². The number of hydrogen-bond acceptors (Lipinski definition) is 3. The number of halogens is 3. The number of fused-ring (bicyclic) bond motifs is 1. The van der Waals surface area contributed by atoms with E-state index >= 15 is 0 Å². The number of nitrogens with zero attached hydrogens (tertiary/aromatic N) is 3. The summed E-state index contributed by atoms with van der Waals surface area (Å²) >= 11 is 0. The molecule has 27 heavy (non-hydrogen) atoms. The monoisotopic (exact) mass is 388 g/mol. The molecule has 2 N–H and O–H groups in total. The molecule has 1 aromatic rings. The Morgan fingerprint density at radius 2 is 2.04 bits per heavy atom. The second-order valence-electron chi connectivity index (χ2n) is 7.56. The quantitative estimate of drug-likeness (QED) is 0.833. The highest BCUT2D eigenvalue weighted by Crippen LogP contribution is 2.49. The molecule has 1 unspecified atom stereocenters. The van der Waals surface area contributed by atoms with E-state index in [1.54, 1.807) is 7.05 Å². The fraction of sp³-hybridized carbons (Fsp3) is 0.706. The zero-order valence-corrected chi connectivity index (χ0v) is 15.4. The van der Waals surface area contributed by atoms with E-state index in [1.165, 1.54) is 23.4 Å². The van der Waals surface area contributed by atoms with Crippen molar-refractivity contribution >= 4 is 12.0 Å². The third-order valence-electron chi connectivity index (χ3n) is 6.03. The Bertz CT molecular complexity index is 776. The highest BCUT2D eigenvalue weighted by molar-refractivity contribution is 5.81. The van der Waals surface area contributed by atoms with Crippen LogP contribution in [0.25, 0.3) is 0 Å². The Hall–Kier alpha value is -2.26.